The van der Waals surface area contributed by atoms with E-state index in [9.17, 15) is 0 Å². The Kier molecular flexibility index (Phi) is 7.63. The minimum absolute atomic E-state index is 0.138. The third-order valence-corrected chi connectivity index (χ3v) is 8.70. The van der Waals surface area contributed by atoms with E-state index in [4.69, 9.17) is 15.0 Å². The molecule has 0 saturated heterocycles. The molecule has 4 nitrogen and oxygen atoms in total. The molecule has 0 fully saturated rings. The Bertz CT molecular complexity index is 2040. The number of para-hydroxylation sites is 2. The number of benzene rings is 6. The van der Waals surface area contributed by atoms with Crippen LogP contribution in [0.25, 0.3) is 44.9 Å². The Balaban J connectivity index is 0.00000166. The molecule has 6 aromatic carbocycles. The van der Waals surface area contributed by atoms with Crippen LogP contribution < -0.4 is 4.90 Å². The summed E-state index contributed by atoms with van der Waals surface area (Å²) in [5.41, 5.74) is 8.79. The Morgan fingerprint density at radius 3 is 1.41 bits per heavy atom. The molecule has 0 saturated carbocycles. The number of hydrogen-bond donors (Lipinski definition) is 0. The Labute approximate surface area is 271 Å². The summed E-state index contributed by atoms with van der Waals surface area (Å²) in [5, 5.41) is 2.23. The molecule has 0 N–H and O–H groups in total. The zero-order chi connectivity index (χ0) is 31.7. The van der Waals surface area contributed by atoms with Crippen molar-refractivity contribution in [3.05, 3.63) is 157 Å². The van der Waals surface area contributed by atoms with E-state index in [-0.39, 0.29) is 5.41 Å². The van der Waals surface area contributed by atoms with Crippen molar-refractivity contribution in [2.45, 2.75) is 33.1 Å². The smallest absolute Gasteiger partial charge is 0.164 e. The third kappa shape index (κ3) is 4.93. The minimum atomic E-state index is -0.138. The molecule has 1 aromatic heterocycles. The summed E-state index contributed by atoms with van der Waals surface area (Å²) in [7, 11) is 0. The lowest BCUT2D eigenvalue weighted by molar-refractivity contribution is 0.632. The maximum Gasteiger partial charge on any atom is 0.164 e. The highest BCUT2D eigenvalue weighted by molar-refractivity contribution is 6.08. The molecular weight excluding hydrogens is 560 g/mol. The van der Waals surface area contributed by atoms with E-state index >= 15 is 0 Å². The summed E-state index contributed by atoms with van der Waals surface area (Å²) in [5.74, 6) is 1.95. The zero-order valence-corrected chi connectivity index (χ0v) is 26.6. The molecule has 4 heteroatoms. The van der Waals surface area contributed by atoms with E-state index < -0.39 is 0 Å². The Morgan fingerprint density at radius 2 is 0.870 bits per heavy atom. The van der Waals surface area contributed by atoms with Crippen LogP contribution >= 0.6 is 0 Å². The summed E-state index contributed by atoms with van der Waals surface area (Å²) >= 11 is 0. The Hall–Kier alpha value is -5.61. The maximum absolute atomic E-state index is 5.11. The van der Waals surface area contributed by atoms with Crippen molar-refractivity contribution < 1.29 is 0 Å². The van der Waals surface area contributed by atoms with Crippen LogP contribution in [0.5, 0.6) is 0 Å². The molecule has 46 heavy (non-hydrogen) atoms. The lowest BCUT2D eigenvalue weighted by atomic mass is 9.73. The van der Waals surface area contributed by atoms with Crippen molar-refractivity contribution in [1.29, 1.82) is 0 Å². The van der Waals surface area contributed by atoms with E-state index in [0.717, 1.165) is 33.2 Å². The van der Waals surface area contributed by atoms with Gasteiger partial charge in [0, 0.05) is 27.5 Å². The predicted molar refractivity (Wildman–Crippen MR) is 192 cm³/mol. The molecule has 0 atom stereocenters. The van der Waals surface area contributed by atoms with Crippen LogP contribution in [0.15, 0.2) is 146 Å². The van der Waals surface area contributed by atoms with Crippen molar-refractivity contribution in [2.24, 2.45) is 0 Å². The maximum atomic E-state index is 5.11. The van der Waals surface area contributed by atoms with Gasteiger partial charge in [-0.25, -0.2) is 15.0 Å². The molecule has 0 radical (unpaired) electrons. The van der Waals surface area contributed by atoms with E-state index in [0.29, 0.717) is 17.5 Å². The average Bonchev–Trinajstić information content (AvgIpc) is 3.13. The monoisotopic (exact) mass is 596 g/mol. The molecule has 2 heterocycles. The van der Waals surface area contributed by atoms with Crippen LogP contribution in [0.2, 0.25) is 0 Å². The molecule has 0 spiro atoms. The van der Waals surface area contributed by atoms with Gasteiger partial charge in [-0.2, -0.15) is 0 Å². The standard InChI is InChI=1S/C40H30N4.C2H6/c1-40(2)31-22-9-11-24-33(31)44(34-25-12-10-23-32(34)40)35-26-14-20-27-19-13-21-30(36(27)35)39-42-37(28-15-5-3-6-16-28)41-38(43-39)29-17-7-4-8-18-29;1-2/h3-26H,1-2H3;1-2H3. The van der Waals surface area contributed by atoms with Crippen LogP contribution in [0.1, 0.15) is 38.8 Å². The van der Waals surface area contributed by atoms with Gasteiger partial charge < -0.3 is 4.90 Å². The third-order valence-electron chi connectivity index (χ3n) is 8.70. The molecule has 1 aliphatic heterocycles. The van der Waals surface area contributed by atoms with Crippen LogP contribution in [-0.4, -0.2) is 15.0 Å². The van der Waals surface area contributed by atoms with Gasteiger partial charge in [-0.1, -0.05) is 155 Å². The molecule has 0 aliphatic carbocycles. The van der Waals surface area contributed by atoms with Crippen molar-refractivity contribution in [1.82, 2.24) is 15.0 Å². The van der Waals surface area contributed by atoms with E-state index in [2.05, 4.69) is 104 Å². The summed E-state index contributed by atoms with van der Waals surface area (Å²) in [6.45, 7) is 8.63. The van der Waals surface area contributed by atoms with Gasteiger partial charge in [0.05, 0.1) is 17.1 Å². The van der Waals surface area contributed by atoms with E-state index in [1.54, 1.807) is 0 Å². The zero-order valence-electron chi connectivity index (χ0n) is 26.6. The Morgan fingerprint density at radius 1 is 0.435 bits per heavy atom. The molecule has 224 valence electrons. The quantitative estimate of drug-likeness (QED) is 0.203. The van der Waals surface area contributed by atoms with Gasteiger partial charge in [0.25, 0.3) is 0 Å². The second-order valence-corrected chi connectivity index (χ2v) is 11.7. The van der Waals surface area contributed by atoms with Gasteiger partial charge in [0.2, 0.25) is 0 Å². The first-order valence-corrected chi connectivity index (χ1v) is 16.0. The minimum Gasteiger partial charge on any atom is -0.309 e. The number of rotatable bonds is 4. The summed E-state index contributed by atoms with van der Waals surface area (Å²) in [4.78, 5) is 17.6. The van der Waals surface area contributed by atoms with Gasteiger partial charge in [0.15, 0.2) is 17.5 Å². The van der Waals surface area contributed by atoms with Gasteiger partial charge >= 0.3 is 0 Å². The molecule has 1 aliphatic rings. The summed E-state index contributed by atoms with van der Waals surface area (Å²) < 4.78 is 0. The molecular formula is C42H36N4. The van der Waals surface area contributed by atoms with Crippen molar-refractivity contribution in [3.8, 4) is 34.2 Å². The lowest BCUT2D eigenvalue weighted by Crippen LogP contribution is -2.30. The first kappa shape index (κ1) is 29.1. The summed E-state index contributed by atoms with van der Waals surface area (Å²) in [6, 6.07) is 50.7. The number of aromatic nitrogens is 3. The van der Waals surface area contributed by atoms with Crippen molar-refractivity contribution >= 4 is 27.8 Å². The molecule has 0 unspecified atom stereocenters. The topological polar surface area (TPSA) is 41.9 Å². The van der Waals surface area contributed by atoms with Gasteiger partial charge in [0.1, 0.15) is 0 Å². The SMILES string of the molecule is CC.CC1(C)c2ccccc2N(c2cccc3cccc(-c4nc(-c5ccccc5)nc(-c5ccccc5)n4)c23)c2ccccc21. The lowest BCUT2D eigenvalue weighted by Gasteiger charge is -2.42. The second kappa shape index (κ2) is 12.1. The normalized spacial score (nSPS) is 12.9. The number of nitrogens with zero attached hydrogens (tertiary/aromatic N) is 4. The fourth-order valence-corrected chi connectivity index (χ4v) is 6.55. The summed E-state index contributed by atoms with van der Waals surface area (Å²) in [6.07, 6.45) is 0. The van der Waals surface area contributed by atoms with Gasteiger partial charge in [-0.3, -0.25) is 0 Å². The number of fused-ring (bicyclic) bond motifs is 3. The fourth-order valence-electron chi connectivity index (χ4n) is 6.55. The van der Waals surface area contributed by atoms with Crippen molar-refractivity contribution in [3.63, 3.8) is 0 Å². The van der Waals surface area contributed by atoms with E-state index in [1.165, 1.54) is 22.5 Å². The molecule has 0 amide bonds. The van der Waals surface area contributed by atoms with Gasteiger partial charge in [-0.15, -0.1) is 0 Å². The highest BCUT2D eigenvalue weighted by Crippen LogP contribution is 2.53. The largest absolute Gasteiger partial charge is 0.309 e. The van der Waals surface area contributed by atoms with Crippen LogP contribution in [0.3, 0.4) is 0 Å². The predicted octanol–water partition coefficient (Wildman–Crippen LogP) is 11.2. The highest BCUT2D eigenvalue weighted by Gasteiger charge is 2.37. The van der Waals surface area contributed by atoms with Crippen LogP contribution in [0.4, 0.5) is 17.1 Å². The number of anilines is 3. The first-order chi connectivity index (χ1) is 22.6. The number of hydrogen-bond acceptors (Lipinski definition) is 4. The fraction of sp³-hybridized carbons (Fsp3) is 0.119. The second-order valence-electron chi connectivity index (χ2n) is 11.7. The highest BCUT2D eigenvalue weighted by atomic mass is 15.2. The van der Waals surface area contributed by atoms with Crippen LogP contribution in [-0.2, 0) is 5.41 Å². The van der Waals surface area contributed by atoms with Gasteiger partial charge in [-0.05, 0) is 34.7 Å². The molecule has 0 bridgehead atoms. The van der Waals surface area contributed by atoms with E-state index in [1.807, 2.05) is 74.5 Å². The van der Waals surface area contributed by atoms with Crippen LogP contribution in [0, 0.1) is 0 Å². The molecule has 7 aromatic rings. The van der Waals surface area contributed by atoms with Crippen molar-refractivity contribution in [2.75, 3.05) is 4.90 Å². The first-order valence-electron chi connectivity index (χ1n) is 16.0. The molecule has 8 rings (SSSR count). The average molecular weight is 597 g/mol.